The van der Waals surface area contributed by atoms with E-state index < -0.39 is 5.97 Å². The molecule has 0 saturated heterocycles. The van der Waals surface area contributed by atoms with Gasteiger partial charge in [0.05, 0.1) is 19.4 Å². The molecule has 3 rings (SSSR count). The van der Waals surface area contributed by atoms with Crippen molar-refractivity contribution in [2.24, 2.45) is 5.92 Å². The maximum Gasteiger partial charge on any atom is 0.374 e. The number of carbonyl (C=O) groups excluding carboxylic acids is 2. The minimum absolute atomic E-state index is 0.0320. The standard InChI is InChI=1S/C16H17NO5/c1-2-20-16(19)14-6-5-10(22-14)9-17-15(18)12-8-11(12)13-4-3-7-21-13/h3-7,11-12H,2,8-9H2,1H3,(H,17,18). The van der Waals surface area contributed by atoms with E-state index in [4.69, 9.17) is 13.6 Å². The number of hydrogen-bond acceptors (Lipinski definition) is 5. The van der Waals surface area contributed by atoms with Crippen LogP contribution in [0.1, 0.15) is 41.3 Å². The van der Waals surface area contributed by atoms with Crippen LogP contribution in [0, 0.1) is 5.92 Å². The van der Waals surface area contributed by atoms with Gasteiger partial charge in [-0.1, -0.05) is 0 Å². The van der Waals surface area contributed by atoms with E-state index in [0.717, 1.165) is 12.2 Å². The van der Waals surface area contributed by atoms with Crippen LogP contribution in [0.25, 0.3) is 0 Å². The second kappa shape index (κ2) is 6.09. The first kappa shape index (κ1) is 14.4. The topological polar surface area (TPSA) is 81.7 Å². The number of esters is 1. The van der Waals surface area contributed by atoms with Crippen molar-refractivity contribution in [2.75, 3.05) is 6.61 Å². The quantitative estimate of drug-likeness (QED) is 0.829. The normalized spacial score (nSPS) is 19.7. The van der Waals surface area contributed by atoms with Gasteiger partial charge in [-0.25, -0.2) is 4.79 Å². The van der Waals surface area contributed by atoms with Gasteiger partial charge >= 0.3 is 5.97 Å². The molecule has 1 N–H and O–H groups in total. The molecular formula is C16H17NO5. The van der Waals surface area contributed by atoms with Crippen LogP contribution in [-0.4, -0.2) is 18.5 Å². The van der Waals surface area contributed by atoms with Crippen molar-refractivity contribution in [1.82, 2.24) is 5.32 Å². The lowest BCUT2D eigenvalue weighted by atomic mass is 10.2. The highest BCUT2D eigenvalue weighted by Gasteiger charge is 2.45. The molecule has 1 amide bonds. The lowest BCUT2D eigenvalue weighted by Crippen LogP contribution is -2.24. The number of hydrogen-bond donors (Lipinski definition) is 1. The second-order valence-electron chi connectivity index (χ2n) is 5.17. The zero-order valence-electron chi connectivity index (χ0n) is 12.2. The zero-order valence-corrected chi connectivity index (χ0v) is 12.2. The Bertz CT molecular complexity index is 658. The zero-order chi connectivity index (χ0) is 15.5. The van der Waals surface area contributed by atoms with Crippen molar-refractivity contribution in [1.29, 1.82) is 0 Å². The molecule has 2 heterocycles. The number of rotatable bonds is 6. The molecule has 1 aliphatic rings. The molecule has 0 spiro atoms. The average Bonchev–Trinajstić information content (AvgIpc) is 2.93. The lowest BCUT2D eigenvalue weighted by Gasteiger charge is -2.02. The van der Waals surface area contributed by atoms with Gasteiger partial charge in [0.15, 0.2) is 0 Å². The Labute approximate surface area is 127 Å². The summed E-state index contributed by atoms with van der Waals surface area (Å²) >= 11 is 0. The molecule has 0 bridgehead atoms. The van der Waals surface area contributed by atoms with Crippen LogP contribution >= 0.6 is 0 Å². The van der Waals surface area contributed by atoms with E-state index in [9.17, 15) is 9.59 Å². The molecule has 1 aliphatic carbocycles. The second-order valence-corrected chi connectivity index (χ2v) is 5.17. The van der Waals surface area contributed by atoms with Crippen LogP contribution < -0.4 is 5.32 Å². The number of ether oxygens (including phenoxy) is 1. The first-order valence-corrected chi connectivity index (χ1v) is 7.26. The monoisotopic (exact) mass is 303 g/mol. The fourth-order valence-corrected chi connectivity index (χ4v) is 2.39. The minimum Gasteiger partial charge on any atom is -0.469 e. The third kappa shape index (κ3) is 3.05. The molecule has 2 unspecified atom stereocenters. The predicted octanol–water partition coefficient (Wildman–Crippen LogP) is 2.47. The predicted molar refractivity (Wildman–Crippen MR) is 76.1 cm³/mol. The molecule has 6 nitrogen and oxygen atoms in total. The van der Waals surface area contributed by atoms with Gasteiger partial charge in [0.1, 0.15) is 11.5 Å². The van der Waals surface area contributed by atoms with E-state index in [1.165, 1.54) is 0 Å². The van der Waals surface area contributed by atoms with Crippen molar-refractivity contribution >= 4 is 11.9 Å². The molecule has 2 aromatic rings. The summed E-state index contributed by atoms with van der Waals surface area (Å²) in [5.41, 5.74) is 0. The largest absolute Gasteiger partial charge is 0.469 e. The fourth-order valence-electron chi connectivity index (χ4n) is 2.39. The molecule has 1 saturated carbocycles. The molecule has 0 radical (unpaired) electrons. The summed E-state index contributed by atoms with van der Waals surface area (Å²) in [6, 6.07) is 6.91. The summed E-state index contributed by atoms with van der Waals surface area (Å²) in [7, 11) is 0. The molecular weight excluding hydrogens is 286 g/mol. The Morgan fingerprint density at radius 3 is 2.95 bits per heavy atom. The Morgan fingerprint density at radius 2 is 2.23 bits per heavy atom. The average molecular weight is 303 g/mol. The van der Waals surface area contributed by atoms with Gasteiger partial charge in [0, 0.05) is 11.8 Å². The molecule has 1 fully saturated rings. The highest BCUT2D eigenvalue weighted by Crippen LogP contribution is 2.47. The summed E-state index contributed by atoms with van der Waals surface area (Å²) in [6.45, 7) is 2.27. The molecule has 2 aromatic heterocycles. The molecule has 6 heteroatoms. The van der Waals surface area contributed by atoms with E-state index >= 15 is 0 Å². The third-order valence-corrected chi connectivity index (χ3v) is 3.61. The van der Waals surface area contributed by atoms with Gasteiger partial charge in [-0.3, -0.25) is 4.79 Å². The van der Waals surface area contributed by atoms with Gasteiger partial charge < -0.3 is 18.9 Å². The van der Waals surface area contributed by atoms with Crippen LogP contribution in [0.4, 0.5) is 0 Å². The highest BCUT2D eigenvalue weighted by molar-refractivity contribution is 5.86. The Kier molecular flexibility index (Phi) is 4.00. The van der Waals surface area contributed by atoms with E-state index in [0.29, 0.717) is 12.4 Å². The lowest BCUT2D eigenvalue weighted by molar-refractivity contribution is -0.122. The fraction of sp³-hybridized carbons (Fsp3) is 0.375. The maximum absolute atomic E-state index is 12.0. The van der Waals surface area contributed by atoms with Gasteiger partial charge in [-0.05, 0) is 37.6 Å². The first-order valence-electron chi connectivity index (χ1n) is 7.26. The number of amides is 1. The van der Waals surface area contributed by atoms with Crippen LogP contribution in [-0.2, 0) is 16.1 Å². The Morgan fingerprint density at radius 1 is 1.36 bits per heavy atom. The van der Waals surface area contributed by atoms with E-state index in [1.54, 1.807) is 25.3 Å². The molecule has 0 aliphatic heterocycles. The summed E-state index contributed by atoms with van der Waals surface area (Å²) in [6.07, 6.45) is 2.41. The van der Waals surface area contributed by atoms with Crippen LogP contribution in [0.2, 0.25) is 0 Å². The van der Waals surface area contributed by atoms with E-state index in [2.05, 4.69) is 5.32 Å². The molecule has 22 heavy (non-hydrogen) atoms. The van der Waals surface area contributed by atoms with Crippen molar-refractivity contribution in [2.45, 2.75) is 25.8 Å². The summed E-state index contributed by atoms with van der Waals surface area (Å²) < 4.78 is 15.5. The Hall–Kier alpha value is -2.50. The van der Waals surface area contributed by atoms with Gasteiger partial charge in [0.25, 0.3) is 0 Å². The maximum atomic E-state index is 12.0. The summed E-state index contributed by atoms with van der Waals surface area (Å²) in [5, 5.41) is 2.81. The van der Waals surface area contributed by atoms with E-state index in [1.807, 2.05) is 12.1 Å². The molecule has 116 valence electrons. The van der Waals surface area contributed by atoms with E-state index in [-0.39, 0.29) is 30.0 Å². The Balaban J connectivity index is 1.49. The number of carbonyl (C=O) groups is 2. The van der Waals surface area contributed by atoms with Gasteiger partial charge in [-0.2, -0.15) is 0 Å². The molecule has 0 aromatic carbocycles. The summed E-state index contributed by atoms with van der Waals surface area (Å²) in [5.74, 6) is 1.10. The number of nitrogens with one attached hydrogen (secondary N) is 1. The third-order valence-electron chi connectivity index (χ3n) is 3.61. The summed E-state index contributed by atoms with van der Waals surface area (Å²) in [4.78, 5) is 23.5. The van der Waals surface area contributed by atoms with Crippen molar-refractivity contribution in [3.05, 3.63) is 47.8 Å². The van der Waals surface area contributed by atoms with Crippen molar-refractivity contribution in [3.63, 3.8) is 0 Å². The SMILES string of the molecule is CCOC(=O)c1ccc(CNC(=O)C2CC2c2ccco2)o1. The van der Waals surface area contributed by atoms with Crippen molar-refractivity contribution in [3.8, 4) is 0 Å². The van der Waals surface area contributed by atoms with Crippen molar-refractivity contribution < 1.29 is 23.2 Å². The highest BCUT2D eigenvalue weighted by atomic mass is 16.5. The smallest absolute Gasteiger partial charge is 0.374 e. The van der Waals surface area contributed by atoms with Gasteiger partial charge in [-0.15, -0.1) is 0 Å². The molecule has 2 atom stereocenters. The number of furan rings is 2. The van der Waals surface area contributed by atoms with Crippen LogP contribution in [0.3, 0.4) is 0 Å². The first-order chi connectivity index (χ1) is 10.7. The van der Waals surface area contributed by atoms with Crippen LogP contribution in [0.15, 0.2) is 39.4 Å². The minimum atomic E-state index is -0.500. The van der Waals surface area contributed by atoms with Gasteiger partial charge in [0.2, 0.25) is 11.7 Å². The van der Waals surface area contributed by atoms with Crippen LogP contribution in [0.5, 0.6) is 0 Å².